The van der Waals surface area contributed by atoms with Gasteiger partial charge in [0.1, 0.15) is 6.10 Å². The van der Waals surface area contributed by atoms with E-state index in [4.69, 9.17) is 15.2 Å². The maximum absolute atomic E-state index is 12.3. The summed E-state index contributed by atoms with van der Waals surface area (Å²) in [5.41, 5.74) is 4.98. The fourth-order valence-corrected chi connectivity index (χ4v) is 2.48. The van der Waals surface area contributed by atoms with Gasteiger partial charge in [0.15, 0.2) is 0 Å². The standard InChI is InChI=1S/C14H26N2O4/c1-4-14(5-2,8-12(17)19-3)16-13(18)11-7-6-10(9-15)20-11/h10-11H,4-9,15H2,1-3H3,(H,16,18)/t10-,11+/m1/s1. The van der Waals surface area contributed by atoms with E-state index in [1.165, 1.54) is 7.11 Å². The van der Waals surface area contributed by atoms with Crippen molar-refractivity contribution in [2.24, 2.45) is 5.73 Å². The highest BCUT2D eigenvalue weighted by atomic mass is 16.5. The zero-order valence-corrected chi connectivity index (χ0v) is 12.6. The summed E-state index contributed by atoms with van der Waals surface area (Å²) in [5, 5.41) is 2.98. The fourth-order valence-electron chi connectivity index (χ4n) is 2.48. The van der Waals surface area contributed by atoms with Gasteiger partial charge in [-0.3, -0.25) is 9.59 Å². The molecule has 1 saturated heterocycles. The highest BCUT2D eigenvalue weighted by molar-refractivity contribution is 5.82. The second kappa shape index (κ2) is 7.59. The van der Waals surface area contributed by atoms with Crippen molar-refractivity contribution in [2.75, 3.05) is 13.7 Å². The molecule has 0 aromatic heterocycles. The van der Waals surface area contributed by atoms with Gasteiger partial charge in [-0.15, -0.1) is 0 Å². The molecule has 1 heterocycles. The molecule has 0 radical (unpaired) electrons. The molecular weight excluding hydrogens is 260 g/mol. The largest absolute Gasteiger partial charge is 0.469 e. The van der Waals surface area contributed by atoms with Crippen molar-refractivity contribution in [1.29, 1.82) is 0 Å². The van der Waals surface area contributed by atoms with Crippen LogP contribution in [0.3, 0.4) is 0 Å². The van der Waals surface area contributed by atoms with Crippen molar-refractivity contribution in [1.82, 2.24) is 5.32 Å². The van der Waals surface area contributed by atoms with Gasteiger partial charge in [0.2, 0.25) is 5.91 Å². The summed E-state index contributed by atoms with van der Waals surface area (Å²) >= 11 is 0. The van der Waals surface area contributed by atoms with Crippen LogP contribution in [0.25, 0.3) is 0 Å². The number of methoxy groups -OCH3 is 1. The third-order valence-electron chi connectivity index (χ3n) is 4.12. The molecule has 1 aliphatic rings. The fraction of sp³-hybridized carbons (Fsp3) is 0.857. The van der Waals surface area contributed by atoms with Gasteiger partial charge in [0.25, 0.3) is 0 Å². The number of nitrogens with one attached hydrogen (secondary N) is 1. The highest BCUT2D eigenvalue weighted by Gasteiger charge is 2.36. The summed E-state index contributed by atoms with van der Waals surface area (Å²) in [7, 11) is 1.35. The second-order valence-corrected chi connectivity index (χ2v) is 5.29. The zero-order valence-electron chi connectivity index (χ0n) is 12.6. The molecule has 6 nitrogen and oxygen atoms in total. The molecule has 0 bridgehead atoms. The Morgan fingerprint density at radius 3 is 2.45 bits per heavy atom. The lowest BCUT2D eigenvalue weighted by molar-refractivity contribution is -0.143. The van der Waals surface area contributed by atoms with E-state index in [0.717, 1.165) is 6.42 Å². The first-order chi connectivity index (χ1) is 9.50. The van der Waals surface area contributed by atoms with Crippen LogP contribution in [-0.2, 0) is 19.1 Å². The van der Waals surface area contributed by atoms with Crippen molar-refractivity contribution in [3.05, 3.63) is 0 Å². The lowest BCUT2D eigenvalue weighted by Crippen LogP contribution is -2.52. The molecule has 20 heavy (non-hydrogen) atoms. The molecule has 1 rings (SSSR count). The highest BCUT2D eigenvalue weighted by Crippen LogP contribution is 2.24. The van der Waals surface area contributed by atoms with Crippen LogP contribution < -0.4 is 11.1 Å². The molecule has 3 N–H and O–H groups in total. The van der Waals surface area contributed by atoms with Crippen LogP contribution in [0.1, 0.15) is 46.0 Å². The molecule has 1 fully saturated rings. The van der Waals surface area contributed by atoms with E-state index in [1.54, 1.807) is 0 Å². The number of ether oxygens (including phenoxy) is 2. The van der Waals surface area contributed by atoms with Gasteiger partial charge >= 0.3 is 5.97 Å². The smallest absolute Gasteiger partial charge is 0.307 e. The number of esters is 1. The molecule has 0 aromatic rings. The molecule has 0 aromatic carbocycles. The first kappa shape index (κ1) is 16.9. The quantitative estimate of drug-likeness (QED) is 0.673. The van der Waals surface area contributed by atoms with Crippen molar-refractivity contribution < 1.29 is 19.1 Å². The molecule has 1 aliphatic heterocycles. The van der Waals surface area contributed by atoms with Crippen LogP contribution in [0.2, 0.25) is 0 Å². The second-order valence-electron chi connectivity index (χ2n) is 5.29. The lowest BCUT2D eigenvalue weighted by Gasteiger charge is -2.33. The SMILES string of the molecule is CCC(CC)(CC(=O)OC)NC(=O)[C@@H]1CC[C@H](CN)O1. The predicted octanol–water partition coefficient (Wildman–Crippen LogP) is 0.731. The summed E-state index contributed by atoms with van der Waals surface area (Å²) in [6.45, 7) is 4.33. The Bertz CT molecular complexity index is 342. The molecule has 0 spiro atoms. The Hall–Kier alpha value is -1.14. The Morgan fingerprint density at radius 1 is 1.35 bits per heavy atom. The minimum Gasteiger partial charge on any atom is -0.469 e. The van der Waals surface area contributed by atoms with Gasteiger partial charge in [-0.1, -0.05) is 13.8 Å². The van der Waals surface area contributed by atoms with Gasteiger partial charge in [0, 0.05) is 6.54 Å². The van der Waals surface area contributed by atoms with Crippen LogP contribution >= 0.6 is 0 Å². The Labute approximate surface area is 120 Å². The number of amides is 1. The third-order valence-corrected chi connectivity index (χ3v) is 4.12. The van der Waals surface area contributed by atoms with Crippen LogP contribution in [0.15, 0.2) is 0 Å². The number of carbonyl (C=O) groups is 2. The molecule has 116 valence electrons. The van der Waals surface area contributed by atoms with Gasteiger partial charge in [-0.05, 0) is 25.7 Å². The molecule has 0 unspecified atom stereocenters. The number of rotatable bonds is 7. The van der Waals surface area contributed by atoms with Gasteiger partial charge in [-0.25, -0.2) is 0 Å². The minimum atomic E-state index is -0.561. The summed E-state index contributed by atoms with van der Waals surface area (Å²) in [6, 6.07) is 0. The first-order valence-electron chi connectivity index (χ1n) is 7.24. The van der Waals surface area contributed by atoms with Crippen molar-refractivity contribution in [2.45, 2.75) is 63.7 Å². The number of carbonyl (C=O) groups excluding carboxylic acids is 2. The van der Waals surface area contributed by atoms with E-state index in [1.807, 2.05) is 13.8 Å². The predicted molar refractivity (Wildman–Crippen MR) is 75.0 cm³/mol. The van der Waals surface area contributed by atoms with Crippen molar-refractivity contribution >= 4 is 11.9 Å². The lowest BCUT2D eigenvalue weighted by atomic mass is 9.88. The van der Waals surface area contributed by atoms with Crippen molar-refractivity contribution in [3.8, 4) is 0 Å². The molecule has 6 heteroatoms. The van der Waals surface area contributed by atoms with E-state index < -0.39 is 11.6 Å². The normalized spacial score (nSPS) is 22.6. The molecule has 2 atom stereocenters. The van der Waals surface area contributed by atoms with Crippen LogP contribution in [0, 0.1) is 0 Å². The number of nitrogens with two attached hydrogens (primary N) is 1. The van der Waals surface area contributed by atoms with Gasteiger partial charge < -0.3 is 20.5 Å². The maximum atomic E-state index is 12.3. The Morgan fingerprint density at radius 2 is 2.00 bits per heavy atom. The number of hydrogen-bond acceptors (Lipinski definition) is 5. The minimum absolute atomic E-state index is 0.0380. The molecular formula is C14H26N2O4. The first-order valence-corrected chi connectivity index (χ1v) is 7.24. The monoisotopic (exact) mass is 286 g/mol. The average molecular weight is 286 g/mol. The maximum Gasteiger partial charge on any atom is 0.307 e. The molecule has 1 amide bonds. The van der Waals surface area contributed by atoms with Crippen LogP contribution in [0.4, 0.5) is 0 Å². The average Bonchev–Trinajstić information content (AvgIpc) is 2.95. The van der Waals surface area contributed by atoms with Crippen LogP contribution in [0.5, 0.6) is 0 Å². The van der Waals surface area contributed by atoms with E-state index in [2.05, 4.69) is 5.32 Å². The van der Waals surface area contributed by atoms with E-state index in [0.29, 0.717) is 25.8 Å². The third kappa shape index (κ3) is 4.18. The summed E-state index contributed by atoms with van der Waals surface area (Å²) < 4.78 is 10.3. The van der Waals surface area contributed by atoms with Crippen molar-refractivity contribution in [3.63, 3.8) is 0 Å². The molecule has 0 aliphatic carbocycles. The number of hydrogen-bond donors (Lipinski definition) is 2. The zero-order chi connectivity index (χ0) is 15.2. The molecule has 0 saturated carbocycles. The van der Waals surface area contributed by atoms with Gasteiger partial charge in [-0.2, -0.15) is 0 Å². The Kier molecular flexibility index (Phi) is 6.42. The topological polar surface area (TPSA) is 90.7 Å². The summed E-state index contributed by atoms with van der Waals surface area (Å²) in [5.74, 6) is -0.477. The van der Waals surface area contributed by atoms with Crippen LogP contribution in [-0.4, -0.2) is 43.3 Å². The Balaban J connectivity index is 2.65. The van der Waals surface area contributed by atoms with Gasteiger partial charge in [0.05, 0.1) is 25.2 Å². The summed E-state index contributed by atoms with van der Waals surface area (Å²) in [6.07, 6.45) is 2.48. The van der Waals surface area contributed by atoms with E-state index >= 15 is 0 Å². The van der Waals surface area contributed by atoms with E-state index in [9.17, 15) is 9.59 Å². The summed E-state index contributed by atoms with van der Waals surface area (Å²) in [4.78, 5) is 23.8. The van der Waals surface area contributed by atoms with E-state index in [-0.39, 0.29) is 24.4 Å².